The number of ether oxygens (including phenoxy) is 1. The number of benzene rings is 1. The second kappa shape index (κ2) is 52.2. The summed E-state index contributed by atoms with van der Waals surface area (Å²) in [5.41, 5.74) is 0.640. The van der Waals surface area contributed by atoms with Crippen LogP contribution in [-0.2, 0) is 44.3 Å². The Morgan fingerprint density at radius 1 is 0.762 bits per heavy atom. The van der Waals surface area contributed by atoms with Crippen LogP contribution in [0.4, 0.5) is 5.69 Å². The van der Waals surface area contributed by atoms with Crippen molar-refractivity contribution in [1.29, 1.82) is 0 Å². The van der Waals surface area contributed by atoms with Crippen molar-refractivity contribution in [2.75, 3.05) is 7.11 Å². The molecule has 0 aliphatic rings. The maximum absolute atomic E-state index is 7.50. The summed E-state index contributed by atoms with van der Waals surface area (Å²) in [5.74, 6) is 0.785. The second-order valence-corrected chi connectivity index (χ2v) is 1.81. The first-order valence-electron chi connectivity index (χ1n) is 3.90. The van der Waals surface area contributed by atoms with Gasteiger partial charge in [-0.15, -0.1) is 0 Å². The molecule has 0 amide bonds. The first kappa shape index (κ1) is 36.4. The zero-order chi connectivity index (χ0) is 17.4. The number of hydrogen-bond acceptors (Lipinski definition) is 1. The third-order valence-corrected chi connectivity index (χ3v) is 1.20. The maximum Gasteiger partial charge on any atom is 0 e. The number of nitrogens with zero attached hydrogens (tertiary/aromatic N) is 1. The molecule has 106 valence electrons. The molecule has 1 rings (SSSR count). The Labute approximate surface area is 137 Å². The predicted molar refractivity (Wildman–Crippen MR) is 58.9 cm³/mol. The van der Waals surface area contributed by atoms with Gasteiger partial charge in [-0.3, -0.25) is 0 Å². The van der Waals surface area contributed by atoms with Crippen molar-refractivity contribution in [3.63, 3.8) is 0 Å². The van der Waals surface area contributed by atoms with Gasteiger partial charge in [-0.25, -0.2) is 4.85 Å². The topological polar surface area (TPSA) is 113 Å². The number of rotatable bonds is 1. The Kier molecular flexibility index (Phi) is 90.4. The molecule has 21 heavy (non-hydrogen) atoms. The third-order valence-electron chi connectivity index (χ3n) is 1.20. The van der Waals surface area contributed by atoms with Crippen molar-refractivity contribution in [3.05, 3.63) is 68.9 Å². The van der Waals surface area contributed by atoms with Crippen LogP contribution in [0.15, 0.2) is 24.3 Å². The molecule has 0 atom stereocenters. The second-order valence-electron chi connectivity index (χ2n) is 1.81. The van der Waals surface area contributed by atoms with Crippen molar-refractivity contribution < 1.29 is 49.1 Å². The van der Waals surface area contributed by atoms with Crippen molar-refractivity contribution in [2.24, 2.45) is 0 Å². The van der Waals surface area contributed by atoms with Crippen LogP contribution >= 0.6 is 0 Å². The van der Waals surface area contributed by atoms with Crippen molar-refractivity contribution >= 4 is 5.69 Å². The van der Waals surface area contributed by atoms with Gasteiger partial charge in [0.05, 0.1) is 13.7 Å². The van der Waals surface area contributed by atoms with E-state index in [2.05, 4.69) is 38.1 Å². The quantitative estimate of drug-likeness (QED) is 0.421. The summed E-state index contributed by atoms with van der Waals surface area (Å²) >= 11 is 0. The summed E-state index contributed by atoms with van der Waals surface area (Å²) in [4.78, 5) is 3.24. The van der Waals surface area contributed by atoms with Crippen LogP contribution in [0, 0.1) is 39.8 Å². The molecule has 0 N–H and O–H groups in total. The molecule has 0 aromatic heterocycles. The third kappa shape index (κ3) is 32.0. The summed E-state index contributed by atoms with van der Waals surface area (Å²) in [6.07, 6.45) is 0. The van der Waals surface area contributed by atoms with Crippen molar-refractivity contribution in [3.8, 4) is 5.75 Å². The van der Waals surface area contributed by atoms with Crippen LogP contribution in [0.1, 0.15) is 0 Å². The molecule has 0 saturated carbocycles. The molecule has 0 aliphatic carbocycles. The molecule has 0 saturated heterocycles. The van der Waals surface area contributed by atoms with E-state index in [0.29, 0.717) is 5.69 Å². The molecule has 0 unspecified atom stereocenters. The fraction of sp³-hybridized carbons (Fsp3) is 0.0769. The molecule has 0 fully saturated rings. The van der Waals surface area contributed by atoms with Gasteiger partial charge in [0.1, 0.15) is 5.75 Å². The van der Waals surface area contributed by atoms with E-state index in [1.807, 2.05) is 0 Å². The summed E-state index contributed by atoms with van der Waals surface area (Å²) in [5, 5.41) is 0. The van der Waals surface area contributed by atoms with E-state index in [-0.39, 0.29) is 21.1 Å². The van der Waals surface area contributed by atoms with Gasteiger partial charge in [-0.2, -0.15) is 0 Å². The zero-order valence-corrected chi connectivity index (χ0v) is 12.6. The molecule has 7 nitrogen and oxygen atoms in total. The Balaban J connectivity index is -0.0000000440. The van der Waals surface area contributed by atoms with Crippen LogP contribution in [0.25, 0.3) is 4.85 Å². The van der Waals surface area contributed by atoms with Gasteiger partial charge >= 0.3 is 56.5 Å². The largest absolute Gasteiger partial charge is 0 e. The Bertz CT molecular complexity index is 404. The van der Waals surface area contributed by atoms with Crippen LogP contribution in [0.3, 0.4) is 0 Å². The predicted octanol–water partition coefficient (Wildman–Crippen LogP) is 2.06. The summed E-state index contributed by atoms with van der Waals surface area (Å²) in [6.45, 7) is 29.2. The Morgan fingerprint density at radius 2 is 1.05 bits per heavy atom. The fourth-order valence-corrected chi connectivity index (χ4v) is 0.657. The van der Waals surface area contributed by atoms with E-state index >= 15 is 0 Å². The van der Waals surface area contributed by atoms with Gasteiger partial charge in [0.15, 0.2) is 5.69 Å². The molecule has 0 bridgehead atoms. The number of hydrogen-bond donors (Lipinski definition) is 0. The molecule has 0 heterocycles. The Hall–Kier alpha value is -2.10. The molecule has 1 aromatic rings. The minimum atomic E-state index is 0. The molecule has 0 radical (unpaired) electrons. The summed E-state index contributed by atoms with van der Waals surface area (Å²) in [7, 11) is 1.60. The standard InChI is InChI=1S/C8H7NO.5CO.Mo/c1-9-7-3-5-8(10-2)6-4-7;5*1-2;/h3-6H,2H3;;;;;;. The SMILES string of the molecule is [C-]#[N+]c1ccc(OC)cc1.[C-]#[O+].[C-]#[O+].[C-]#[O+].[C-]#[O+].[C-]#[O+].[Mo]. The minimum Gasteiger partial charge on any atom is 0 e. The van der Waals surface area contributed by atoms with Crippen molar-refractivity contribution in [1.82, 2.24) is 0 Å². The first-order chi connectivity index (χ1) is 9.86. The van der Waals surface area contributed by atoms with Crippen LogP contribution in [0.2, 0.25) is 0 Å². The van der Waals surface area contributed by atoms with E-state index in [0.717, 1.165) is 5.75 Å². The van der Waals surface area contributed by atoms with Gasteiger partial charge in [-0.05, 0) is 12.1 Å². The average Bonchev–Trinajstić information content (AvgIpc) is 2.63. The van der Waals surface area contributed by atoms with E-state index in [1.165, 1.54) is 0 Å². The van der Waals surface area contributed by atoms with Gasteiger partial charge in [0.2, 0.25) is 0 Å². The summed E-state index contributed by atoms with van der Waals surface area (Å²) < 4.78 is 42.4. The minimum absolute atomic E-state index is 0. The monoisotopic (exact) mass is 371 g/mol. The molecular weight excluding hydrogens is 362 g/mol. The Morgan fingerprint density at radius 3 is 1.24 bits per heavy atom. The molecule has 8 heteroatoms. The molecule has 1 aromatic carbocycles. The van der Waals surface area contributed by atoms with Crippen LogP contribution in [0.5, 0.6) is 5.75 Å². The fourth-order valence-electron chi connectivity index (χ4n) is 0.657. The maximum atomic E-state index is 7.50. The number of methoxy groups -OCH3 is 1. The van der Waals surface area contributed by atoms with Gasteiger partial charge < -0.3 is 4.74 Å². The van der Waals surface area contributed by atoms with Gasteiger partial charge in [-0.1, -0.05) is 12.1 Å². The van der Waals surface area contributed by atoms with E-state index < -0.39 is 0 Å². The zero-order valence-electron chi connectivity index (χ0n) is 10.6. The van der Waals surface area contributed by atoms with Gasteiger partial charge in [0, 0.05) is 21.1 Å². The molecule has 0 aliphatic heterocycles. The smallest absolute Gasteiger partial charge is 0 e. The van der Waals surface area contributed by atoms with Crippen molar-refractivity contribution in [2.45, 2.75) is 0 Å². The molecular formula is C13H7MoNO6. The van der Waals surface area contributed by atoms with Crippen LogP contribution < -0.4 is 4.74 Å². The average molecular weight is 369 g/mol. The molecule has 0 spiro atoms. The van der Waals surface area contributed by atoms with Crippen LogP contribution in [-0.4, -0.2) is 7.11 Å². The van der Waals surface area contributed by atoms with E-state index in [1.54, 1.807) is 31.4 Å². The normalized spacial score (nSPS) is 4.48. The van der Waals surface area contributed by atoms with E-state index in [4.69, 9.17) is 34.6 Å². The van der Waals surface area contributed by atoms with E-state index in [9.17, 15) is 0 Å². The first-order valence-corrected chi connectivity index (χ1v) is 3.90. The summed E-state index contributed by atoms with van der Waals surface area (Å²) in [6, 6.07) is 7.00. The van der Waals surface area contributed by atoms with Gasteiger partial charge in [0.25, 0.3) is 0 Å².